The molecule has 2 heteroatoms. The Labute approximate surface area is 82.7 Å². The van der Waals surface area contributed by atoms with Crippen molar-refractivity contribution in [1.29, 1.82) is 0 Å². The first-order valence-corrected chi connectivity index (χ1v) is 4.49. The van der Waals surface area contributed by atoms with E-state index in [4.69, 9.17) is 10.2 Å². The molecule has 14 heavy (non-hydrogen) atoms. The average Bonchev–Trinajstić information content (AvgIpc) is 2.59. The Hall–Kier alpha value is -1.72. The molecule has 0 spiro atoms. The van der Waals surface area contributed by atoms with Crippen molar-refractivity contribution in [3.05, 3.63) is 35.6 Å². The Morgan fingerprint density at radius 2 is 2.29 bits per heavy atom. The zero-order chi connectivity index (χ0) is 9.97. The summed E-state index contributed by atoms with van der Waals surface area (Å²) in [5, 5.41) is 1.09. The number of benzene rings is 1. The first-order chi connectivity index (χ1) is 6.81. The molecule has 0 atom stereocenters. The molecule has 0 amide bonds. The van der Waals surface area contributed by atoms with E-state index in [0.29, 0.717) is 12.3 Å². The summed E-state index contributed by atoms with van der Waals surface area (Å²) in [6.45, 7) is 2.38. The predicted octanol–water partition coefficient (Wildman–Crippen LogP) is 2.05. The molecule has 2 rings (SSSR count). The van der Waals surface area contributed by atoms with Crippen LogP contribution in [0.4, 0.5) is 0 Å². The smallest absolute Gasteiger partial charge is 0.178 e. The number of nitrogens with two attached hydrogens (primary N) is 1. The van der Waals surface area contributed by atoms with Gasteiger partial charge < -0.3 is 10.2 Å². The van der Waals surface area contributed by atoms with Gasteiger partial charge in [0.2, 0.25) is 0 Å². The highest BCUT2D eigenvalue weighted by molar-refractivity contribution is 5.81. The fourth-order valence-corrected chi connectivity index (χ4v) is 1.41. The third-order valence-corrected chi connectivity index (χ3v) is 2.05. The molecule has 2 nitrogen and oxygen atoms in total. The minimum absolute atomic E-state index is 0.357. The van der Waals surface area contributed by atoms with Crippen molar-refractivity contribution in [2.45, 2.75) is 6.92 Å². The Bertz CT molecular complexity index is 514. The SMILES string of the molecule is Cc1cccc2cc(C#CCN)oc12. The Balaban J connectivity index is 2.57. The zero-order valence-corrected chi connectivity index (χ0v) is 8.00. The van der Waals surface area contributed by atoms with Crippen LogP contribution < -0.4 is 5.73 Å². The minimum atomic E-state index is 0.357. The number of fused-ring (bicyclic) bond motifs is 1. The molecular formula is C12H11NO. The quantitative estimate of drug-likeness (QED) is 0.638. The summed E-state index contributed by atoms with van der Waals surface area (Å²) in [5.74, 6) is 6.33. The lowest BCUT2D eigenvalue weighted by molar-refractivity contribution is 0.599. The lowest BCUT2D eigenvalue weighted by atomic mass is 10.2. The van der Waals surface area contributed by atoms with Gasteiger partial charge in [0.25, 0.3) is 0 Å². The Morgan fingerprint density at radius 1 is 1.43 bits per heavy atom. The van der Waals surface area contributed by atoms with E-state index >= 15 is 0 Å². The molecule has 0 saturated heterocycles. The minimum Gasteiger partial charge on any atom is -0.447 e. The van der Waals surface area contributed by atoms with Crippen molar-refractivity contribution >= 4 is 11.0 Å². The number of aryl methyl sites for hydroxylation is 1. The van der Waals surface area contributed by atoms with Gasteiger partial charge in [-0.3, -0.25) is 0 Å². The van der Waals surface area contributed by atoms with E-state index in [1.807, 2.05) is 31.2 Å². The van der Waals surface area contributed by atoms with Gasteiger partial charge in [-0.25, -0.2) is 0 Å². The fraction of sp³-hybridized carbons (Fsp3) is 0.167. The molecule has 1 aromatic heterocycles. The third-order valence-electron chi connectivity index (χ3n) is 2.05. The van der Waals surface area contributed by atoms with Crippen molar-refractivity contribution in [2.24, 2.45) is 5.73 Å². The molecule has 1 aromatic carbocycles. The fourth-order valence-electron chi connectivity index (χ4n) is 1.41. The summed E-state index contributed by atoms with van der Waals surface area (Å²) >= 11 is 0. The van der Waals surface area contributed by atoms with Crippen LogP contribution in [0.2, 0.25) is 0 Å². The van der Waals surface area contributed by atoms with E-state index in [-0.39, 0.29) is 0 Å². The molecule has 2 aromatic rings. The highest BCUT2D eigenvalue weighted by Gasteiger charge is 2.02. The van der Waals surface area contributed by atoms with Crippen LogP contribution in [-0.2, 0) is 0 Å². The summed E-state index contributed by atoms with van der Waals surface area (Å²) in [6.07, 6.45) is 0. The van der Waals surface area contributed by atoms with Gasteiger partial charge in [0.1, 0.15) is 5.58 Å². The maximum absolute atomic E-state index is 5.57. The molecule has 0 aliphatic carbocycles. The Morgan fingerprint density at radius 3 is 3.00 bits per heavy atom. The van der Waals surface area contributed by atoms with Crippen LogP contribution in [-0.4, -0.2) is 6.54 Å². The number of furan rings is 1. The van der Waals surface area contributed by atoms with E-state index in [1.54, 1.807) is 0 Å². The monoisotopic (exact) mass is 185 g/mol. The van der Waals surface area contributed by atoms with Gasteiger partial charge in [-0.2, -0.15) is 0 Å². The summed E-state index contributed by atoms with van der Waals surface area (Å²) in [6, 6.07) is 7.98. The summed E-state index contributed by atoms with van der Waals surface area (Å²) in [4.78, 5) is 0. The van der Waals surface area contributed by atoms with Crippen molar-refractivity contribution in [3.63, 3.8) is 0 Å². The van der Waals surface area contributed by atoms with E-state index in [9.17, 15) is 0 Å². The largest absolute Gasteiger partial charge is 0.447 e. The maximum atomic E-state index is 5.57. The molecule has 0 fully saturated rings. The van der Waals surface area contributed by atoms with Crippen molar-refractivity contribution in [1.82, 2.24) is 0 Å². The standard InChI is InChI=1S/C12H11NO/c1-9-4-2-5-10-8-11(6-3-7-13)14-12(9)10/h2,4-5,8H,7,13H2,1H3. The normalized spacial score (nSPS) is 9.86. The lowest BCUT2D eigenvalue weighted by Gasteiger charge is -1.90. The highest BCUT2D eigenvalue weighted by atomic mass is 16.3. The first kappa shape index (κ1) is 8.86. The molecule has 0 bridgehead atoms. The van der Waals surface area contributed by atoms with Crippen LogP contribution >= 0.6 is 0 Å². The molecular weight excluding hydrogens is 174 g/mol. The molecule has 2 N–H and O–H groups in total. The predicted molar refractivity (Wildman–Crippen MR) is 56.9 cm³/mol. The Kier molecular flexibility index (Phi) is 2.26. The van der Waals surface area contributed by atoms with Crippen LogP contribution in [0.15, 0.2) is 28.7 Å². The average molecular weight is 185 g/mol. The van der Waals surface area contributed by atoms with Crippen LogP contribution in [0.1, 0.15) is 11.3 Å². The highest BCUT2D eigenvalue weighted by Crippen LogP contribution is 2.21. The topological polar surface area (TPSA) is 39.2 Å². The molecule has 70 valence electrons. The first-order valence-electron chi connectivity index (χ1n) is 4.49. The van der Waals surface area contributed by atoms with Gasteiger partial charge in [0, 0.05) is 11.5 Å². The van der Waals surface area contributed by atoms with Crippen LogP contribution in [0.3, 0.4) is 0 Å². The maximum Gasteiger partial charge on any atom is 0.178 e. The number of hydrogen-bond donors (Lipinski definition) is 1. The molecule has 0 aliphatic rings. The second kappa shape index (κ2) is 3.57. The van der Waals surface area contributed by atoms with Crippen molar-refractivity contribution < 1.29 is 4.42 Å². The van der Waals surface area contributed by atoms with E-state index in [2.05, 4.69) is 11.8 Å². The summed E-state index contributed by atoms with van der Waals surface area (Å²) in [7, 11) is 0. The molecule has 1 heterocycles. The zero-order valence-electron chi connectivity index (χ0n) is 8.00. The second-order valence-electron chi connectivity index (χ2n) is 3.11. The number of hydrogen-bond acceptors (Lipinski definition) is 2. The van der Waals surface area contributed by atoms with Crippen molar-refractivity contribution in [3.8, 4) is 11.8 Å². The van der Waals surface area contributed by atoms with Gasteiger partial charge in [-0.05, 0) is 18.4 Å². The summed E-state index contributed by atoms with van der Waals surface area (Å²) in [5.41, 5.74) is 7.32. The number of para-hydroxylation sites is 1. The van der Waals surface area contributed by atoms with Gasteiger partial charge >= 0.3 is 0 Å². The van der Waals surface area contributed by atoms with Crippen molar-refractivity contribution in [2.75, 3.05) is 6.54 Å². The molecule has 0 aliphatic heterocycles. The number of rotatable bonds is 0. The summed E-state index contributed by atoms with van der Waals surface area (Å²) < 4.78 is 5.57. The van der Waals surface area contributed by atoms with Crippen LogP contribution in [0.25, 0.3) is 11.0 Å². The molecule has 0 saturated carbocycles. The van der Waals surface area contributed by atoms with Crippen LogP contribution in [0.5, 0.6) is 0 Å². The second-order valence-corrected chi connectivity index (χ2v) is 3.11. The van der Waals surface area contributed by atoms with Gasteiger partial charge in [-0.15, -0.1) is 0 Å². The third kappa shape index (κ3) is 1.50. The molecule has 0 radical (unpaired) electrons. The van der Waals surface area contributed by atoms with E-state index < -0.39 is 0 Å². The molecule has 0 unspecified atom stereocenters. The van der Waals surface area contributed by atoms with E-state index in [0.717, 1.165) is 16.5 Å². The van der Waals surface area contributed by atoms with Gasteiger partial charge in [-0.1, -0.05) is 24.1 Å². The van der Waals surface area contributed by atoms with E-state index in [1.165, 1.54) is 0 Å². The lowest BCUT2D eigenvalue weighted by Crippen LogP contribution is -1.92. The van der Waals surface area contributed by atoms with Gasteiger partial charge in [0.15, 0.2) is 5.76 Å². The van der Waals surface area contributed by atoms with Crippen LogP contribution in [0, 0.1) is 18.8 Å². The van der Waals surface area contributed by atoms with Gasteiger partial charge in [0.05, 0.1) is 6.54 Å².